The molecule has 0 aromatic rings. The summed E-state index contributed by atoms with van der Waals surface area (Å²) in [5.74, 6) is 0.638. The van der Waals surface area contributed by atoms with Crippen LogP contribution in [0.1, 0.15) is 6.42 Å². The Bertz CT molecular complexity index is 135. The van der Waals surface area contributed by atoms with E-state index in [0.29, 0.717) is 12.0 Å². The van der Waals surface area contributed by atoms with Gasteiger partial charge in [-0.3, -0.25) is 0 Å². The monoisotopic (exact) mass is 126 g/mol. The third-order valence-electron chi connectivity index (χ3n) is 1.92. The van der Waals surface area contributed by atoms with Gasteiger partial charge in [-0.1, -0.05) is 0 Å². The summed E-state index contributed by atoms with van der Waals surface area (Å²) in [6.45, 7) is 1.72. The first-order valence-corrected chi connectivity index (χ1v) is 3.33. The molecule has 1 saturated heterocycles. The molecule has 2 aliphatic heterocycles. The van der Waals surface area contributed by atoms with Crippen LogP contribution in [0.3, 0.4) is 0 Å². The molecule has 0 bridgehead atoms. The average molecular weight is 126 g/mol. The molecule has 2 atom stereocenters. The first kappa shape index (κ1) is 5.23. The van der Waals surface area contributed by atoms with Crippen molar-refractivity contribution in [2.24, 2.45) is 11.0 Å². The minimum absolute atomic E-state index is 0.471. The molecule has 2 aliphatic rings. The van der Waals surface area contributed by atoms with Gasteiger partial charge in [0.15, 0.2) is 0 Å². The fourth-order valence-electron chi connectivity index (χ4n) is 1.30. The molecule has 1 fully saturated rings. The van der Waals surface area contributed by atoms with Crippen molar-refractivity contribution in [3.8, 4) is 0 Å². The topological polar surface area (TPSA) is 33.6 Å². The molecular formula is C6H10N2O. The Balaban J connectivity index is 2.03. The van der Waals surface area contributed by atoms with Crippen molar-refractivity contribution in [1.82, 2.24) is 5.43 Å². The Morgan fingerprint density at radius 3 is 3.56 bits per heavy atom. The minimum Gasteiger partial charge on any atom is -0.379 e. The van der Waals surface area contributed by atoms with Crippen LogP contribution in [-0.4, -0.2) is 25.5 Å². The second kappa shape index (κ2) is 1.99. The van der Waals surface area contributed by atoms with E-state index in [1.165, 1.54) is 0 Å². The van der Waals surface area contributed by atoms with Crippen LogP contribution >= 0.6 is 0 Å². The third-order valence-corrected chi connectivity index (χ3v) is 1.92. The molecule has 3 nitrogen and oxygen atoms in total. The highest BCUT2D eigenvalue weighted by molar-refractivity contribution is 5.63. The van der Waals surface area contributed by atoms with Crippen molar-refractivity contribution in [3.63, 3.8) is 0 Å². The van der Waals surface area contributed by atoms with Crippen LogP contribution in [0.4, 0.5) is 0 Å². The fourth-order valence-corrected chi connectivity index (χ4v) is 1.30. The zero-order valence-corrected chi connectivity index (χ0v) is 5.21. The molecule has 3 heteroatoms. The molecule has 0 amide bonds. The lowest BCUT2D eigenvalue weighted by atomic mass is 9.98. The van der Waals surface area contributed by atoms with Gasteiger partial charge in [-0.25, -0.2) is 0 Å². The molecule has 0 aliphatic carbocycles. The lowest BCUT2D eigenvalue weighted by Crippen LogP contribution is -2.37. The number of hydrogen-bond donors (Lipinski definition) is 1. The molecule has 0 spiro atoms. The van der Waals surface area contributed by atoms with E-state index in [1.807, 2.05) is 6.21 Å². The summed E-state index contributed by atoms with van der Waals surface area (Å²) >= 11 is 0. The van der Waals surface area contributed by atoms with E-state index in [9.17, 15) is 0 Å². The SMILES string of the molecule is C1=NNC2COCCC12. The highest BCUT2D eigenvalue weighted by Gasteiger charge is 2.26. The summed E-state index contributed by atoms with van der Waals surface area (Å²) in [4.78, 5) is 0. The Hall–Kier alpha value is -0.570. The number of hydrazone groups is 1. The van der Waals surface area contributed by atoms with Gasteiger partial charge in [-0.15, -0.1) is 0 Å². The third kappa shape index (κ3) is 0.812. The van der Waals surface area contributed by atoms with Crippen LogP contribution in [0.25, 0.3) is 0 Å². The number of rotatable bonds is 0. The highest BCUT2D eigenvalue weighted by Crippen LogP contribution is 2.16. The Morgan fingerprint density at radius 2 is 2.67 bits per heavy atom. The predicted octanol–water partition coefficient (Wildman–Crippen LogP) is -0.0195. The highest BCUT2D eigenvalue weighted by atomic mass is 16.5. The first-order valence-electron chi connectivity index (χ1n) is 3.33. The van der Waals surface area contributed by atoms with Crippen LogP contribution in [0.2, 0.25) is 0 Å². The standard InChI is InChI=1S/C6H10N2O/c1-2-9-4-6-5(1)3-7-8-6/h3,5-6,8H,1-2,4H2. The summed E-state index contributed by atoms with van der Waals surface area (Å²) in [5.41, 5.74) is 3.00. The first-order chi connectivity index (χ1) is 4.47. The van der Waals surface area contributed by atoms with Gasteiger partial charge in [0, 0.05) is 18.7 Å². The Morgan fingerprint density at radius 1 is 1.67 bits per heavy atom. The maximum absolute atomic E-state index is 5.24. The van der Waals surface area contributed by atoms with Crippen LogP contribution in [0.5, 0.6) is 0 Å². The second-order valence-electron chi connectivity index (χ2n) is 2.54. The molecule has 1 N–H and O–H groups in total. The normalized spacial score (nSPS) is 40.0. The van der Waals surface area contributed by atoms with Crippen LogP contribution in [0, 0.1) is 5.92 Å². The van der Waals surface area contributed by atoms with Gasteiger partial charge < -0.3 is 10.2 Å². The summed E-state index contributed by atoms with van der Waals surface area (Å²) in [6.07, 6.45) is 3.12. The number of nitrogens with zero attached hydrogens (tertiary/aromatic N) is 1. The summed E-state index contributed by atoms with van der Waals surface area (Å²) in [6, 6.07) is 0.471. The van der Waals surface area contributed by atoms with Crippen molar-refractivity contribution >= 4 is 6.21 Å². The maximum atomic E-state index is 5.24. The smallest absolute Gasteiger partial charge is 0.0752 e. The Labute approximate surface area is 54.1 Å². The van der Waals surface area contributed by atoms with Crippen LogP contribution in [0.15, 0.2) is 5.10 Å². The molecular weight excluding hydrogens is 116 g/mol. The van der Waals surface area contributed by atoms with E-state index in [-0.39, 0.29) is 0 Å². The van der Waals surface area contributed by atoms with Gasteiger partial charge in [-0.05, 0) is 6.42 Å². The van der Waals surface area contributed by atoms with Crippen LogP contribution in [-0.2, 0) is 4.74 Å². The van der Waals surface area contributed by atoms with Gasteiger partial charge in [0.05, 0.1) is 12.6 Å². The summed E-state index contributed by atoms with van der Waals surface area (Å²) in [7, 11) is 0. The number of fused-ring (bicyclic) bond motifs is 1. The van der Waals surface area contributed by atoms with E-state index in [1.54, 1.807) is 0 Å². The van der Waals surface area contributed by atoms with E-state index >= 15 is 0 Å². The average Bonchev–Trinajstić information content (AvgIpc) is 2.33. The fraction of sp³-hybridized carbons (Fsp3) is 0.833. The van der Waals surface area contributed by atoms with E-state index in [2.05, 4.69) is 10.5 Å². The van der Waals surface area contributed by atoms with Gasteiger partial charge in [0.1, 0.15) is 0 Å². The van der Waals surface area contributed by atoms with E-state index in [4.69, 9.17) is 4.74 Å². The van der Waals surface area contributed by atoms with E-state index < -0.39 is 0 Å². The lowest BCUT2D eigenvalue weighted by molar-refractivity contribution is 0.0613. The summed E-state index contributed by atoms with van der Waals surface area (Å²) in [5, 5.41) is 3.97. The zero-order chi connectivity index (χ0) is 6.10. The predicted molar refractivity (Wildman–Crippen MR) is 34.3 cm³/mol. The van der Waals surface area contributed by atoms with Crippen molar-refractivity contribution in [3.05, 3.63) is 0 Å². The Kier molecular flexibility index (Phi) is 1.16. The van der Waals surface area contributed by atoms with Crippen molar-refractivity contribution in [2.45, 2.75) is 12.5 Å². The molecule has 2 rings (SSSR count). The molecule has 0 aromatic heterocycles. The molecule has 9 heavy (non-hydrogen) atoms. The molecule has 2 heterocycles. The quantitative estimate of drug-likeness (QED) is 0.495. The minimum atomic E-state index is 0.471. The van der Waals surface area contributed by atoms with Gasteiger partial charge in [0.25, 0.3) is 0 Å². The number of ether oxygens (including phenoxy) is 1. The van der Waals surface area contributed by atoms with Crippen LogP contribution < -0.4 is 5.43 Å². The number of nitrogens with one attached hydrogen (secondary N) is 1. The largest absolute Gasteiger partial charge is 0.379 e. The molecule has 2 unspecified atom stereocenters. The molecule has 50 valence electrons. The maximum Gasteiger partial charge on any atom is 0.0752 e. The number of hydrogen-bond acceptors (Lipinski definition) is 3. The van der Waals surface area contributed by atoms with Gasteiger partial charge >= 0.3 is 0 Å². The van der Waals surface area contributed by atoms with Crippen molar-refractivity contribution < 1.29 is 4.74 Å². The molecule has 0 radical (unpaired) electrons. The summed E-state index contributed by atoms with van der Waals surface area (Å²) < 4.78 is 5.24. The lowest BCUT2D eigenvalue weighted by Gasteiger charge is -2.23. The van der Waals surface area contributed by atoms with Gasteiger partial charge in [-0.2, -0.15) is 5.10 Å². The van der Waals surface area contributed by atoms with Crippen molar-refractivity contribution in [2.75, 3.05) is 13.2 Å². The van der Waals surface area contributed by atoms with Gasteiger partial charge in [0.2, 0.25) is 0 Å². The van der Waals surface area contributed by atoms with Crippen molar-refractivity contribution in [1.29, 1.82) is 0 Å². The molecule has 0 aromatic carbocycles. The van der Waals surface area contributed by atoms with E-state index in [0.717, 1.165) is 19.6 Å². The zero-order valence-electron chi connectivity index (χ0n) is 5.21. The second-order valence-corrected chi connectivity index (χ2v) is 2.54. The molecule has 0 saturated carbocycles.